The summed E-state index contributed by atoms with van der Waals surface area (Å²) in [6.45, 7) is 0.582. The molecule has 184 valence electrons. The average molecular weight is 517 g/mol. The second-order valence-corrected chi connectivity index (χ2v) is 8.85. The molecule has 3 aromatic rings. The van der Waals surface area contributed by atoms with Crippen LogP contribution in [0.5, 0.6) is 0 Å². The number of anilines is 1. The van der Waals surface area contributed by atoms with Crippen molar-refractivity contribution in [2.24, 2.45) is 0 Å². The summed E-state index contributed by atoms with van der Waals surface area (Å²) in [6, 6.07) is 13.9. The van der Waals surface area contributed by atoms with Crippen molar-refractivity contribution < 1.29 is 33.5 Å². The number of ketones is 2. The van der Waals surface area contributed by atoms with Gasteiger partial charge in [0.1, 0.15) is 6.04 Å². The van der Waals surface area contributed by atoms with Crippen molar-refractivity contribution in [1.82, 2.24) is 4.90 Å². The highest BCUT2D eigenvalue weighted by molar-refractivity contribution is 6.36. The largest absolute Gasteiger partial charge is 0.454 e. The number of benzene rings is 3. The first kappa shape index (κ1) is 24.1. The summed E-state index contributed by atoms with van der Waals surface area (Å²) < 4.78 is 5.02. The van der Waals surface area contributed by atoms with Gasteiger partial charge in [0.25, 0.3) is 17.7 Å². The predicted molar refractivity (Wildman–Crippen MR) is 131 cm³/mol. The number of imide groups is 1. The van der Waals surface area contributed by atoms with Crippen molar-refractivity contribution in [3.05, 3.63) is 99.1 Å². The molecule has 1 aliphatic carbocycles. The topological polar surface area (TPSA) is 127 Å². The molecule has 3 amide bonds. The summed E-state index contributed by atoms with van der Waals surface area (Å²) in [5.41, 5.74) is 1.13. The molecule has 3 aromatic carbocycles. The summed E-state index contributed by atoms with van der Waals surface area (Å²) in [6.07, 6.45) is 0. The number of esters is 1. The molecule has 1 aliphatic heterocycles. The van der Waals surface area contributed by atoms with Crippen molar-refractivity contribution in [2.75, 3.05) is 11.9 Å². The molecule has 0 saturated heterocycles. The van der Waals surface area contributed by atoms with Gasteiger partial charge in [-0.25, -0.2) is 4.79 Å². The molecule has 1 atom stereocenters. The highest BCUT2D eigenvalue weighted by atomic mass is 35.5. The first-order valence-electron chi connectivity index (χ1n) is 11.1. The van der Waals surface area contributed by atoms with Crippen molar-refractivity contribution in [3.8, 4) is 0 Å². The van der Waals surface area contributed by atoms with Crippen LogP contribution in [0.25, 0.3) is 0 Å². The number of ether oxygens (including phenoxy) is 1. The fourth-order valence-electron chi connectivity index (χ4n) is 4.32. The van der Waals surface area contributed by atoms with E-state index >= 15 is 0 Å². The molecule has 2 aliphatic rings. The van der Waals surface area contributed by atoms with E-state index in [4.69, 9.17) is 16.3 Å². The normalized spacial score (nSPS) is 14.6. The SMILES string of the molecule is CC(C(=O)OCC(=O)Nc1cc2c(cc1Cl)C(=O)c1ccccc1C2=O)N1C(=O)c2ccccc2C1=O. The maximum atomic E-state index is 12.9. The van der Waals surface area contributed by atoms with Gasteiger partial charge in [-0.1, -0.05) is 48.0 Å². The molecular weight excluding hydrogens is 500 g/mol. The van der Waals surface area contributed by atoms with Gasteiger partial charge in [0.2, 0.25) is 0 Å². The Labute approximate surface area is 215 Å². The van der Waals surface area contributed by atoms with Crippen LogP contribution in [0.15, 0.2) is 60.7 Å². The summed E-state index contributed by atoms with van der Waals surface area (Å²) in [7, 11) is 0. The first-order valence-corrected chi connectivity index (χ1v) is 11.5. The van der Waals surface area contributed by atoms with E-state index in [9.17, 15) is 28.8 Å². The molecule has 0 aromatic heterocycles. The van der Waals surface area contributed by atoms with Crippen LogP contribution in [0, 0.1) is 0 Å². The zero-order valence-corrected chi connectivity index (χ0v) is 20.0. The van der Waals surface area contributed by atoms with Crippen LogP contribution >= 0.6 is 11.6 Å². The minimum atomic E-state index is -1.27. The van der Waals surface area contributed by atoms with E-state index in [1.54, 1.807) is 36.4 Å². The van der Waals surface area contributed by atoms with E-state index in [2.05, 4.69) is 5.32 Å². The molecule has 10 heteroatoms. The van der Waals surface area contributed by atoms with Gasteiger partial charge in [0, 0.05) is 22.3 Å². The zero-order chi connectivity index (χ0) is 26.4. The van der Waals surface area contributed by atoms with Gasteiger partial charge in [0.05, 0.1) is 21.8 Å². The van der Waals surface area contributed by atoms with Gasteiger partial charge in [0.15, 0.2) is 18.2 Å². The fraction of sp³-hybridized carbons (Fsp3) is 0.111. The Morgan fingerprint density at radius 1 is 0.811 bits per heavy atom. The Bertz CT molecular complexity index is 1530. The number of nitrogens with one attached hydrogen (secondary N) is 1. The van der Waals surface area contributed by atoms with Gasteiger partial charge >= 0.3 is 5.97 Å². The van der Waals surface area contributed by atoms with Crippen molar-refractivity contribution in [3.63, 3.8) is 0 Å². The maximum absolute atomic E-state index is 12.9. The Morgan fingerprint density at radius 3 is 1.84 bits per heavy atom. The van der Waals surface area contributed by atoms with Crippen LogP contribution in [0.4, 0.5) is 5.69 Å². The van der Waals surface area contributed by atoms with Crippen molar-refractivity contribution >= 4 is 52.5 Å². The predicted octanol–water partition coefficient (Wildman–Crippen LogP) is 3.28. The van der Waals surface area contributed by atoms with Gasteiger partial charge in [-0.05, 0) is 31.2 Å². The number of amides is 3. The second kappa shape index (κ2) is 9.11. The third kappa shape index (κ3) is 3.99. The molecular formula is C27H17ClN2O7. The number of carbonyl (C=O) groups is 6. The summed E-state index contributed by atoms with van der Waals surface area (Å²) in [4.78, 5) is 76.6. The van der Waals surface area contributed by atoms with E-state index in [0.29, 0.717) is 0 Å². The highest BCUT2D eigenvalue weighted by Crippen LogP contribution is 2.33. The molecule has 1 unspecified atom stereocenters. The van der Waals surface area contributed by atoms with Crippen molar-refractivity contribution in [2.45, 2.75) is 13.0 Å². The van der Waals surface area contributed by atoms with Gasteiger partial charge in [-0.2, -0.15) is 0 Å². The van der Waals surface area contributed by atoms with Crippen LogP contribution in [0.3, 0.4) is 0 Å². The Hall–Kier alpha value is -4.63. The molecule has 9 nitrogen and oxygen atoms in total. The molecule has 0 fully saturated rings. The lowest BCUT2D eigenvalue weighted by atomic mass is 9.84. The minimum Gasteiger partial charge on any atom is -0.454 e. The number of fused-ring (bicyclic) bond motifs is 3. The number of nitrogens with zero attached hydrogens (tertiary/aromatic N) is 1. The minimum absolute atomic E-state index is 0.0124. The third-order valence-electron chi connectivity index (χ3n) is 6.19. The molecule has 5 rings (SSSR count). The maximum Gasteiger partial charge on any atom is 0.329 e. The van der Waals surface area contributed by atoms with Crippen molar-refractivity contribution in [1.29, 1.82) is 0 Å². The van der Waals surface area contributed by atoms with Gasteiger partial charge in [-0.15, -0.1) is 0 Å². The van der Waals surface area contributed by atoms with Crippen LogP contribution in [-0.2, 0) is 14.3 Å². The second-order valence-electron chi connectivity index (χ2n) is 8.44. The number of halogens is 1. The Morgan fingerprint density at radius 2 is 1.30 bits per heavy atom. The number of hydrogen-bond donors (Lipinski definition) is 1. The van der Waals surface area contributed by atoms with Crippen LogP contribution in [0.1, 0.15) is 59.5 Å². The van der Waals surface area contributed by atoms with E-state index < -0.39 is 42.1 Å². The number of hydrogen-bond acceptors (Lipinski definition) is 7. The molecule has 37 heavy (non-hydrogen) atoms. The summed E-state index contributed by atoms with van der Waals surface area (Å²) >= 11 is 6.25. The number of rotatable bonds is 5. The van der Waals surface area contributed by atoms with E-state index in [1.165, 1.54) is 31.2 Å². The smallest absolute Gasteiger partial charge is 0.329 e. The summed E-state index contributed by atoms with van der Waals surface area (Å²) in [5.74, 6) is -3.75. The third-order valence-corrected chi connectivity index (χ3v) is 6.50. The average Bonchev–Trinajstić information content (AvgIpc) is 3.16. The standard InChI is InChI=1S/C27H17ClN2O7/c1-13(30-25(34)16-8-4-5-9-17(16)26(30)35)27(36)37-12-22(31)29-21-11-19-18(10-20(21)28)23(32)14-6-2-3-7-15(14)24(19)33/h2-11,13H,12H2,1H3,(H,29,31). The van der Waals surface area contributed by atoms with E-state index in [1.807, 2.05) is 0 Å². The highest BCUT2D eigenvalue weighted by Gasteiger charge is 2.41. The van der Waals surface area contributed by atoms with E-state index in [0.717, 1.165) is 4.90 Å². The van der Waals surface area contributed by atoms with Crippen LogP contribution < -0.4 is 5.32 Å². The lowest BCUT2D eigenvalue weighted by molar-refractivity contribution is -0.150. The first-order chi connectivity index (χ1) is 17.7. The fourth-order valence-corrected chi connectivity index (χ4v) is 4.53. The molecule has 0 spiro atoms. The lowest BCUT2D eigenvalue weighted by Gasteiger charge is -2.21. The zero-order valence-electron chi connectivity index (χ0n) is 19.2. The van der Waals surface area contributed by atoms with Gasteiger partial charge in [-0.3, -0.25) is 28.9 Å². The van der Waals surface area contributed by atoms with Crippen LogP contribution in [-0.4, -0.2) is 52.8 Å². The molecule has 0 saturated carbocycles. The molecule has 0 bridgehead atoms. The Balaban J connectivity index is 1.26. The summed E-state index contributed by atoms with van der Waals surface area (Å²) in [5, 5.41) is 2.47. The quantitative estimate of drug-likeness (QED) is 0.318. The lowest BCUT2D eigenvalue weighted by Crippen LogP contribution is -2.44. The monoisotopic (exact) mass is 516 g/mol. The van der Waals surface area contributed by atoms with Crippen LogP contribution in [0.2, 0.25) is 5.02 Å². The van der Waals surface area contributed by atoms with Gasteiger partial charge < -0.3 is 10.1 Å². The van der Waals surface area contributed by atoms with E-state index in [-0.39, 0.29) is 49.9 Å². The molecule has 1 heterocycles. The molecule has 1 N–H and O–H groups in total. The Kier molecular flexibility index (Phi) is 5.93. The number of carbonyl (C=O) groups excluding carboxylic acids is 6. The molecule has 0 radical (unpaired) electrons.